The zero-order chi connectivity index (χ0) is 10.8. The zero-order valence-electron chi connectivity index (χ0n) is 9.62. The van der Waals surface area contributed by atoms with Crippen molar-refractivity contribution in [3.05, 3.63) is 42.0 Å². The molecule has 0 aliphatic heterocycles. The lowest BCUT2D eigenvalue weighted by molar-refractivity contribution is 0.974. The number of rotatable bonds is 2. The molecule has 2 aromatic carbocycles. The van der Waals surface area contributed by atoms with Crippen LogP contribution < -0.4 is 4.90 Å². The van der Waals surface area contributed by atoms with Crippen molar-refractivity contribution in [2.24, 2.45) is 0 Å². The lowest BCUT2D eigenvalue weighted by Crippen LogP contribution is -2.15. The van der Waals surface area contributed by atoms with Gasteiger partial charge < -0.3 is 4.90 Å². The largest absolute Gasteiger partial charge is 0.374 e. The zero-order valence-corrected chi connectivity index (χ0v) is 9.62. The Bertz CT molecular complexity index is 474. The fourth-order valence-corrected chi connectivity index (χ4v) is 1.95. The molecule has 0 radical (unpaired) electrons. The first-order valence-electron chi connectivity index (χ1n) is 5.43. The molecular weight excluding hydrogens is 182 g/mol. The van der Waals surface area contributed by atoms with Crippen LogP contribution in [0.1, 0.15) is 12.5 Å². The van der Waals surface area contributed by atoms with Crippen LogP contribution in [0, 0.1) is 6.92 Å². The van der Waals surface area contributed by atoms with Crippen LogP contribution in [-0.2, 0) is 0 Å². The Kier molecular flexibility index (Phi) is 2.63. The summed E-state index contributed by atoms with van der Waals surface area (Å²) in [7, 11) is 2.14. The summed E-state index contributed by atoms with van der Waals surface area (Å²) in [5, 5.41) is 2.71. The van der Waals surface area contributed by atoms with E-state index in [1.807, 2.05) is 0 Å². The van der Waals surface area contributed by atoms with Gasteiger partial charge in [-0.25, -0.2) is 0 Å². The van der Waals surface area contributed by atoms with Crippen LogP contribution in [0.2, 0.25) is 0 Å². The maximum Gasteiger partial charge on any atom is 0.0443 e. The normalized spacial score (nSPS) is 10.6. The molecule has 2 aromatic rings. The molecule has 0 aliphatic rings. The quantitative estimate of drug-likeness (QED) is 0.714. The SMILES string of the molecule is CCN(C)c1cccc2c(C)cccc12. The average Bonchev–Trinajstić information content (AvgIpc) is 2.28. The van der Waals surface area contributed by atoms with E-state index in [9.17, 15) is 0 Å². The Labute approximate surface area is 91.3 Å². The number of anilines is 1. The van der Waals surface area contributed by atoms with E-state index in [0.717, 1.165) is 6.54 Å². The molecule has 0 fully saturated rings. The van der Waals surface area contributed by atoms with Crippen LogP contribution >= 0.6 is 0 Å². The van der Waals surface area contributed by atoms with Crippen molar-refractivity contribution in [3.63, 3.8) is 0 Å². The first kappa shape index (κ1) is 10.0. The average molecular weight is 199 g/mol. The summed E-state index contributed by atoms with van der Waals surface area (Å²) in [6.45, 7) is 5.37. The van der Waals surface area contributed by atoms with E-state index in [1.165, 1.54) is 22.0 Å². The lowest BCUT2D eigenvalue weighted by Gasteiger charge is -2.19. The fourth-order valence-electron chi connectivity index (χ4n) is 1.95. The molecule has 78 valence electrons. The summed E-state index contributed by atoms with van der Waals surface area (Å²) >= 11 is 0. The molecule has 0 unspecified atom stereocenters. The summed E-state index contributed by atoms with van der Waals surface area (Å²) in [4.78, 5) is 2.28. The van der Waals surface area contributed by atoms with Gasteiger partial charge in [0, 0.05) is 24.7 Å². The maximum atomic E-state index is 2.28. The predicted molar refractivity (Wildman–Crippen MR) is 67.6 cm³/mol. The van der Waals surface area contributed by atoms with Gasteiger partial charge in [0.1, 0.15) is 0 Å². The van der Waals surface area contributed by atoms with Crippen molar-refractivity contribution < 1.29 is 0 Å². The van der Waals surface area contributed by atoms with Gasteiger partial charge >= 0.3 is 0 Å². The highest BCUT2D eigenvalue weighted by atomic mass is 15.1. The van der Waals surface area contributed by atoms with E-state index in [4.69, 9.17) is 0 Å². The summed E-state index contributed by atoms with van der Waals surface area (Å²) in [6, 6.07) is 13.0. The van der Waals surface area contributed by atoms with Crippen LogP contribution in [-0.4, -0.2) is 13.6 Å². The van der Waals surface area contributed by atoms with E-state index in [0.29, 0.717) is 0 Å². The molecular formula is C14H17N. The number of aryl methyl sites for hydroxylation is 1. The second kappa shape index (κ2) is 3.93. The van der Waals surface area contributed by atoms with Crippen molar-refractivity contribution in [2.75, 3.05) is 18.5 Å². The van der Waals surface area contributed by atoms with Crippen molar-refractivity contribution in [3.8, 4) is 0 Å². The van der Waals surface area contributed by atoms with E-state index in [1.54, 1.807) is 0 Å². The van der Waals surface area contributed by atoms with E-state index >= 15 is 0 Å². The Morgan fingerprint density at radius 3 is 2.40 bits per heavy atom. The van der Waals surface area contributed by atoms with Gasteiger partial charge in [0.05, 0.1) is 0 Å². The summed E-state index contributed by atoms with van der Waals surface area (Å²) in [5.74, 6) is 0. The Morgan fingerprint density at radius 1 is 1.00 bits per heavy atom. The topological polar surface area (TPSA) is 3.24 Å². The van der Waals surface area contributed by atoms with E-state index in [-0.39, 0.29) is 0 Å². The number of nitrogens with zero attached hydrogens (tertiary/aromatic N) is 1. The van der Waals surface area contributed by atoms with Crippen molar-refractivity contribution in [2.45, 2.75) is 13.8 Å². The minimum Gasteiger partial charge on any atom is -0.374 e. The van der Waals surface area contributed by atoms with Gasteiger partial charge in [0.2, 0.25) is 0 Å². The van der Waals surface area contributed by atoms with Crippen LogP contribution in [0.4, 0.5) is 5.69 Å². The molecule has 0 saturated heterocycles. The smallest absolute Gasteiger partial charge is 0.0443 e. The molecule has 0 N–H and O–H groups in total. The molecule has 1 nitrogen and oxygen atoms in total. The third-order valence-electron chi connectivity index (χ3n) is 3.00. The minimum atomic E-state index is 1.03. The highest BCUT2D eigenvalue weighted by Gasteiger charge is 2.04. The third-order valence-corrected chi connectivity index (χ3v) is 3.00. The second-order valence-electron chi connectivity index (χ2n) is 3.96. The van der Waals surface area contributed by atoms with Crippen molar-refractivity contribution in [1.82, 2.24) is 0 Å². The van der Waals surface area contributed by atoms with Crippen LogP contribution in [0.3, 0.4) is 0 Å². The minimum absolute atomic E-state index is 1.03. The first-order valence-corrected chi connectivity index (χ1v) is 5.43. The molecule has 0 amide bonds. The predicted octanol–water partition coefficient (Wildman–Crippen LogP) is 3.60. The molecule has 0 aromatic heterocycles. The van der Waals surface area contributed by atoms with Crippen LogP contribution in [0.15, 0.2) is 36.4 Å². The molecule has 15 heavy (non-hydrogen) atoms. The van der Waals surface area contributed by atoms with Gasteiger partial charge in [-0.05, 0) is 30.9 Å². The Morgan fingerprint density at radius 2 is 1.67 bits per heavy atom. The molecule has 0 bridgehead atoms. The third kappa shape index (κ3) is 1.70. The number of benzene rings is 2. The van der Waals surface area contributed by atoms with Crippen molar-refractivity contribution >= 4 is 16.5 Å². The highest BCUT2D eigenvalue weighted by Crippen LogP contribution is 2.27. The number of hydrogen-bond acceptors (Lipinski definition) is 1. The molecule has 1 heteroatoms. The monoisotopic (exact) mass is 199 g/mol. The lowest BCUT2D eigenvalue weighted by atomic mass is 10.0. The van der Waals surface area contributed by atoms with Crippen LogP contribution in [0.5, 0.6) is 0 Å². The highest BCUT2D eigenvalue weighted by molar-refractivity contribution is 5.96. The summed E-state index contributed by atoms with van der Waals surface area (Å²) in [6.07, 6.45) is 0. The van der Waals surface area contributed by atoms with E-state index < -0.39 is 0 Å². The first-order chi connectivity index (χ1) is 7.24. The van der Waals surface area contributed by atoms with Gasteiger partial charge in [-0.2, -0.15) is 0 Å². The van der Waals surface area contributed by atoms with Crippen LogP contribution in [0.25, 0.3) is 10.8 Å². The standard InChI is InChI=1S/C14H17N/c1-4-15(3)14-10-6-8-12-11(2)7-5-9-13(12)14/h5-10H,4H2,1-3H3. The summed E-state index contributed by atoms with van der Waals surface area (Å²) in [5.41, 5.74) is 2.66. The summed E-state index contributed by atoms with van der Waals surface area (Å²) < 4.78 is 0. The molecule has 0 spiro atoms. The van der Waals surface area contributed by atoms with Gasteiger partial charge in [0.25, 0.3) is 0 Å². The Hall–Kier alpha value is -1.50. The fraction of sp³-hybridized carbons (Fsp3) is 0.286. The van der Waals surface area contributed by atoms with E-state index in [2.05, 4.69) is 62.2 Å². The molecule has 0 saturated carbocycles. The van der Waals surface area contributed by atoms with Gasteiger partial charge in [-0.1, -0.05) is 30.3 Å². The number of hydrogen-bond donors (Lipinski definition) is 0. The van der Waals surface area contributed by atoms with Gasteiger partial charge in [0.15, 0.2) is 0 Å². The second-order valence-corrected chi connectivity index (χ2v) is 3.96. The maximum absolute atomic E-state index is 2.28. The number of fused-ring (bicyclic) bond motifs is 1. The van der Waals surface area contributed by atoms with Gasteiger partial charge in [-0.3, -0.25) is 0 Å². The molecule has 0 atom stereocenters. The van der Waals surface area contributed by atoms with Gasteiger partial charge in [-0.15, -0.1) is 0 Å². The molecule has 0 aliphatic carbocycles. The molecule has 0 heterocycles. The van der Waals surface area contributed by atoms with Crippen molar-refractivity contribution in [1.29, 1.82) is 0 Å². The Balaban J connectivity index is 2.71. The molecule has 2 rings (SSSR count).